The molecule has 55 heavy (non-hydrogen) atoms. The second-order valence-electron chi connectivity index (χ2n) is 14.4. The number of carbonyl (C=O) groups excluding carboxylic acids is 4. The van der Waals surface area contributed by atoms with Gasteiger partial charge >= 0.3 is 0 Å². The molecule has 0 radical (unpaired) electrons. The molecule has 4 aliphatic rings. The molecule has 4 amide bonds. The van der Waals surface area contributed by atoms with Gasteiger partial charge in [-0.1, -0.05) is 18.2 Å². The number of amides is 4. The third-order valence-corrected chi connectivity index (χ3v) is 11.8. The number of anilines is 2. The maximum Gasteiger partial charge on any atom is 0.255 e. The van der Waals surface area contributed by atoms with Gasteiger partial charge in [-0.3, -0.25) is 39.7 Å². The molecule has 9 rings (SSSR count). The summed E-state index contributed by atoms with van der Waals surface area (Å²) in [5.74, 6) is -2.16. The normalized spacial score (nSPS) is 19.0. The van der Waals surface area contributed by atoms with Crippen molar-refractivity contribution in [1.82, 2.24) is 34.6 Å². The number of aromatic nitrogens is 4. The number of pyridine rings is 1. The number of nitrogens with one attached hydrogen (secondary N) is 2. The first kappa shape index (κ1) is 34.9. The van der Waals surface area contributed by atoms with Crippen LogP contribution in [-0.4, -0.2) is 79.1 Å². The third-order valence-electron chi connectivity index (χ3n) is 11.1. The number of hydrogen-bond donors (Lipinski definition) is 2. The highest BCUT2D eigenvalue weighted by Gasteiger charge is 2.42. The molecular formula is C40H38FN9O4S. The molecule has 2 saturated heterocycles. The zero-order chi connectivity index (χ0) is 37.6. The lowest BCUT2D eigenvalue weighted by Crippen LogP contribution is -2.46. The van der Waals surface area contributed by atoms with Crippen molar-refractivity contribution < 1.29 is 23.6 Å². The Bertz CT molecular complexity index is 2290. The van der Waals surface area contributed by atoms with Gasteiger partial charge in [0.15, 0.2) is 11.2 Å². The van der Waals surface area contributed by atoms with Gasteiger partial charge in [0.2, 0.25) is 11.8 Å². The molecule has 2 atom stereocenters. The van der Waals surface area contributed by atoms with E-state index < -0.39 is 23.7 Å². The molecular weight excluding hydrogens is 722 g/mol. The van der Waals surface area contributed by atoms with E-state index in [-0.39, 0.29) is 35.4 Å². The van der Waals surface area contributed by atoms with Gasteiger partial charge in [-0.05, 0) is 66.3 Å². The lowest BCUT2D eigenvalue weighted by molar-refractivity contribution is -0.134. The summed E-state index contributed by atoms with van der Waals surface area (Å²) in [5.41, 5.74) is 6.13. The number of rotatable bonds is 9. The zero-order valence-electron chi connectivity index (χ0n) is 29.9. The molecule has 0 aliphatic carbocycles. The van der Waals surface area contributed by atoms with Gasteiger partial charge in [0.25, 0.3) is 11.8 Å². The van der Waals surface area contributed by atoms with E-state index in [1.165, 1.54) is 22.3 Å². The van der Waals surface area contributed by atoms with Crippen molar-refractivity contribution >= 4 is 45.8 Å². The summed E-state index contributed by atoms with van der Waals surface area (Å²) in [5, 5.41) is 7.43. The number of hydrogen-bond acceptors (Lipinski definition) is 10. The van der Waals surface area contributed by atoms with Crippen molar-refractivity contribution in [3.05, 3.63) is 112 Å². The SMILES string of the molecule is O=C1CCC(c2ccc(CN3CCN(c4ccc(-c5cc(F)c6c(c5)C(=O)N(C(C(=O)Nc5nccs5)c5ncn7c5CCC7)C6)cc4)CC3)nc2)C(=O)N1. The number of thiazole rings is 1. The quantitative estimate of drug-likeness (QED) is 0.205. The van der Waals surface area contributed by atoms with E-state index in [9.17, 15) is 19.2 Å². The van der Waals surface area contributed by atoms with Crippen molar-refractivity contribution in [3.63, 3.8) is 0 Å². The van der Waals surface area contributed by atoms with Gasteiger partial charge in [-0.2, -0.15) is 0 Å². The standard InChI is InChI=1S/C40H38FN9O4S/c41-32-19-26(18-30-31(32)22-50(39(30)54)36(38(53)46-40-42-11-17-55-40)35-33-2-1-12-49(33)23-44-35)24-4-7-28(8-5-24)48-15-13-47(14-16-48)21-27-6-3-25(20-43-27)29-9-10-34(51)45-37(29)52/h3-8,11,17-20,23,29,36H,1-2,9-10,12-16,21-22H2,(H,42,46,53)(H,45,51,52). The number of nitrogens with zero attached hydrogens (tertiary/aromatic N) is 7. The lowest BCUT2D eigenvalue weighted by Gasteiger charge is -2.36. The summed E-state index contributed by atoms with van der Waals surface area (Å²) in [7, 11) is 0. The van der Waals surface area contributed by atoms with Gasteiger partial charge in [-0.15, -0.1) is 11.3 Å². The minimum Gasteiger partial charge on any atom is -0.369 e. The van der Waals surface area contributed by atoms with Crippen LogP contribution < -0.4 is 15.5 Å². The highest BCUT2D eigenvalue weighted by atomic mass is 32.1. The summed E-state index contributed by atoms with van der Waals surface area (Å²) in [6.45, 7) is 4.79. The predicted octanol–water partition coefficient (Wildman–Crippen LogP) is 4.67. The highest BCUT2D eigenvalue weighted by Crippen LogP contribution is 2.38. The number of piperidine rings is 1. The van der Waals surface area contributed by atoms with Crippen LogP contribution >= 0.6 is 11.3 Å². The van der Waals surface area contributed by atoms with Crippen LogP contribution in [0.25, 0.3) is 11.1 Å². The van der Waals surface area contributed by atoms with Crippen LogP contribution in [0.4, 0.5) is 15.2 Å². The summed E-state index contributed by atoms with van der Waals surface area (Å²) < 4.78 is 17.9. The first-order valence-corrected chi connectivity index (χ1v) is 19.4. The number of piperazine rings is 1. The number of benzene rings is 2. The Morgan fingerprint density at radius 3 is 2.55 bits per heavy atom. The second kappa shape index (κ2) is 14.5. The van der Waals surface area contributed by atoms with Gasteiger partial charge in [0.1, 0.15) is 5.82 Å². The van der Waals surface area contributed by atoms with Crippen LogP contribution in [0, 0.1) is 5.82 Å². The summed E-state index contributed by atoms with van der Waals surface area (Å²) in [6, 6.07) is 14.0. The smallest absolute Gasteiger partial charge is 0.255 e. The average molecular weight is 760 g/mol. The van der Waals surface area contributed by atoms with Crippen LogP contribution in [-0.2, 0) is 40.4 Å². The Hall–Kier alpha value is -5.80. The average Bonchev–Trinajstić information content (AvgIpc) is 4.01. The number of imidazole rings is 1. The van der Waals surface area contributed by atoms with Crippen LogP contribution in [0.1, 0.15) is 69.8 Å². The zero-order valence-corrected chi connectivity index (χ0v) is 30.7. The minimum atomic E-state index is -1.04. The third kappa shape index (κ3) is 6.78. The minimum absolute atomic E-state index is 0.0445. The molecule has 2 unspecified atom stereocenters. The fourth-order valence-corrected chi connectivity index (χ4v) is 8.70. The Morgan fingerprint density at radius 1 is 0.964 bits per heavy atom. The Labute approximate surface area is 320 Å². The first-order valence-electron chi connectivity index (χ1n) is 18.5. The molecule has 0 spiro atoms. The van der Waals surface area contributed by atoms with Gasteiger partial charge in [0.05, 0.1) is 30.2 Å². The molecule has 0 saturated carbocycles. The van der Waals surface area contributed by atoms with E-state index in [1.807, 2.05) is 41.0 Å². The summed E-state index contributed by atoms with van der Waals surface area (Å²) in [4.78, 5) is 71.1. The van der Waals surface area contributed by atoms with E-state index in [2.05, 4.69) is 35.4 Å². The molecule has 0 bridgehead atoms. The molecule has 2 N–H and O–H groups in total. The molecule has 13 nitrogen and oxygen atoms in total. The molecule has 15 heteroatoms. The van der Waals surface area contributed by atoms with E-state index in [0.29, 0.717) is 35.8 Å². The fourth-order valence-electron chi connectivity index (χ4n) is 8.17. The topological polar surface area (TPSA) is 146 Å². The molecule has 280 valence electrons. The van der Waals surface area contributed by atoms with Crippen LogP contribution in [0.3, 0.4) is 0 Å². The molecule has 3 aromatic heterocycles. The van der Waals surface area contributed by atoms with Gasteiger partial charge < -0.3 is 14.4 Å². The number of fused-ring (bicyclic) bond motifs is 2. The number of imide groups is 1. The van der Waals surface area contributed by atoms with E-state index in [0.717, 1.165) is 73.8 Å². The number of halogens is 1. The summed E-state index contributed by atoms with van der Waals surface area (Å²) in [6.07, 6.45) is 7.57. The van der Waals surface area contributed by atoms with Crippen molar-refractivity contribution in [3.8, 4) is 11.1 Å². The van der Waals surface area contributed by atoms with Crippen molar-refractivity contribution in [2.75, 3.05) is 36.4 Å². The van der Waals surface area contributed by atoms with E-state index >= 15 is 4.39 Å². The van der Waals surface area contributed by atoms with Gasteiger partial charge in [-0.25, -0.2) is 14.4 Å². The van der Waals surface area contributed by atoms with Crippen LogP contribution in [0.15, 0.2) is 72.6 Å². The van der Waals surface area contributed by atoms with E-state index in [1.54, 1.807) is 30.2 Å². The van der Waals surface area contributed by atoms with Crippen LogP contribution in [0.2, 0.25) is 0 Å². The Balaban J connectivity index is 0.858. The molecule has 4 aliphatic heterocycles. The largest absolute Gasteiger partial charge is 0.369 e. The number of aryl methyl sites for hydroxylation is 1. The van der Waals surface area contributed by atoms with Crippen LogP contribution in [0.5, 0.6) is 0 Å². The van der Waals surface area contributed by atoms with Crippen molar-refractivity contribution in [2.45, 2.75) is 57.3 Å². The monoisotopic (exact) mass is 759 g/mol. The first-order chi connectivity index (χ1) is 26.8. The van der Waals surface area contributed by atoms with E-state index in [4.69, 9.17) is 0 Å². The second-order valence-corrected chi connectivity index (χ2v) is 15.3. The highest BCUT2D eigenvalue weighted by molar-refractivity contribution is 7.13. The summed E-state index contributed by atoms with van der Waals surface area (Å²) >= 11 is 1.28. The Kier molecular flexibility index (Phi) is 9.18. The Morgan fingerprint density at radius 2 is 1.80 bits per heavy atom. The molecule has 2 fully saturated rings. The molecule has 7 heterocycles. The van der Waals surface area contributed by atoms with Crippen molar-refractivity contribution in [2.24, 2.45) is 0 Å². The number of carbonyl (C=O) groups is 4. The molecule has 2 aromatic carbocycles. The van der Waals surface area contributed by atoms with Crippen molar-refractivity contribution in [1.29, 1.82) is 0 Å². The maximum atomic E-state index is 15.9. The maximum absolute atomic E-state index is 15.9. The lowest BCUT2D eigenvalue weighted by atomic mass is 9.91. The fraction of sp³-hybridized carbons (Fsp3) is 0.325. The predicted molar refractivity (Wildman–Crippen MR) is 203 cm³/mol. The molecule has 5 aromatic rings. The van der Waals surface area contributed by atoms with Gasteiger partial charge in [0, 0.05) is 86.0 Å².